The zero-order valence-electron chi connectivity index (χ0n) is 10.6. The van der Waals surface area contributed by atoms with E-state index in [0.29, 0.717) is 11.8 Å². The maximum absolute atomic E-state index is 10.4. The van der Waals surface area contributed by atoms with Gasteiger partial charge in [-0.15, -0.1) is 0 Å². The molecular formula is C14H24O3. The van der Waals surface area contributed by atoms with Crippen LogP contribution in [0.1, 0.15) is 44.9 Å². The molecule has 2 aliphatic heterocycles. The third kappa shape index (κ3) is 2.51. The first-order chi connectivity index (χ1) is 8.27. The van der Waals surface area contributed by atoms with E-state index < -0.39 is 0 Å². The zero-order chi connectivity index (χ0) is 11.7. The van der Waals surface area contributed by atoms with Gasteiger partial charge in [0.25, 0.3) is 0 Å². The molecule has 3 rings (SSSR count). The molecule has 2 saturated heterocycles. The van der Waals surface area contributed by atoms with Crippen LogP contribution in [-0.4, -0.2) is 36.6 Å². The van der Waals surface area contributed by atoms with Crippen molar-refractivity contribution in [3.63, 3.8) is 0 Å². The molecule has 0 aromatic rings. The van der Waals surface area contributed by atoms with Gasteiger partial charge in [-0.2, -0.15) is 0 Å². The Kier molecular flexibility index (Phi) is 3.42. The molecular weight excluding hydrogens is 216 g/mol. The van der Waals surface area contributed by atoms with Crippen LogP contribution in [0.5, 0.6) is 0 Å². The first kappa shape index (κ1) is 11.9. The van der Waals surface area contributed by atoms with E-state index in [2.05, 4.69) is 0 Å². The maximum Gasteiger partial charge on any atom is 0.0686 e. The molecule has 17 heavy (non-hydrogen) atoms. The molecule has 1 saturated carbocycles. The van der Waals surface area contributed by atoms with Gasteiger partial charge in [0.2, 0.25) is 0 Å². The van der Waals surface area contributed by atoms with Crippen LogP contribution < -0.4 is 0 Å². The van der Waals surface area contributed by atoms with Crippen LogP contribution in [0.3, 0.4) is 0 Å². The average Bonchev–Trinajstić information content (AvgIpc) is 2.80. The van der Waals surface area contributed by atoms with Crippen molar-refractivity contribution >= 4 is 0 Å². The number of aliphatic hydroxyl groups excluding tert-OH is 1. The second kappa shape index (κ2) is 4.87. The third-order valence-corrected chi connectivity index (χ3v) is 4.94. The van der Waals surface area contributed by atoms with Crippen LogP contribution in [0.4, 0.5) is 0 Å². The Labute approximate surface area is 103 Å². The van der Waals surface area contributed by atoms with Crippen LogP contribution in [0.25, 0.3) is 0 Å². The number of hydrogen-bond donors (Lipinski definition) is 1. The topological polar surface area (TPSA) is 38.7 Å². The standard InChI is InChI=1S/C14H24O3/c15-13(8-11-2-6-16-10-11)12-3-7-17-14(9-12)4-1-5-14/h11-13,15H,1-10H2. The van der Waals surface area contributed by atoms with Crippen molar-refractivity contribution in [2.24, 2.45) is 11.8 Å². The van der Waals surface area contributed by atoms with E-state index in [1.54, 1.807) is 0 Å². The van der Waals surface area contributed by atoms with Gasteiger partial charge in [0.05, 0.1) is 11.7 Å². The minimum absolute atomic E-state index is 0.136. The second-order valence-corrected chi connectivity index (χ2v) is 6.17. The van der Waals surface area contributed by atoms with Crippen LogP contribution >= 0.6 is 0 Å². The summed E-state index contributed by atoms with van der Waals surface area (Å²) in [6.07, 6.45) is 7.78. The summed E-state index contributed by atoms with van der Waals surface area (Å²) in [7, 11) is 0. The van der Waals surface area contributed by atoms with Gasteiger partial charge in [-0.3, -0.25) is 0 Å². The fourth-order valence-corrected chi connectivity index (χ4v) is 3.62. The molecule has 3 fully saturated rings. The van der Waals surface area contributed by atoms with E-state index in [1.165, 1.54) is 19.3 Å². The zero-order valence-corrected chi connectivity index (χ0v) is 10.6. The lowest BCUT2D eigenvalue weighted by Gasteiger charge is -2.48. The van der Waals surface area contributed by atoms with Crippen molar-refractivity contribution in [1.82, 2.24) is 0 Å². The van der Waals surface area contributed by atoms with Gasteiger partial charge in [-0.1, -0.05) is 0 Å². The maximum atomic E-state index is 10.4. The first-order valence-electron chi connectivity index (χ1n) is 7.17. The Morgan fingerprint density at radius 1 is 1.24 bits per heavy atom. The van der Waals surface area contributed by atoms with Crippen molar-refractivity contribution in [2.75, 3.05) is 19.8 Å². The van der Waals surface area contributed by atoms with E-state index >= 15 is 0 Å². The lowest BCUT2D eigenvalue weighted by atomic mass is 9.70. The molecule has 0 aromatic carbocycles. The summed E-state index contributed by atoms with van der Waals surface area (Å²) < 4.78 is 11.3. The summed E-state index contributed by atoms with van der Waals surface area (Å²) in [5, 5.41) is 10.4. The SMILES string of the molecule is OC(CC1CCOC1)C1CCOC2(CCC2)C1. The molecule has 1 N–H and O–H groups in total. The minimum Gasteiger partial charge on any atom is -0.393 e. The van der Waals surface area contributed by atoms with Crippen molar-refractivity contribution in [3.8, 4) is 0 Å². The summed E-state index contributed by atoms with van der Waals surface area (Å²) in [5.41, 5.74) is 0.163. The molecule has 3 atom stereocenters. The summed E-state index contributed by atoms with van der Waals surface area (Å²) in [6, 6.07) is 0. The number of hydrogen-bond acceptors (Lipinski definition) is 3. The largest absolute Gasteiger partial charge is 0.393 e. The summed E-state index contributed by atoms with van der Waals surface area (Å²) in [4.78, 5) is 0. The monoisotopic (exact) mass is 240 g/mol. The second-order valence-electron chi connectivity index (χ2n) is 6.17. The Balaban J connectivity index is 1.52. The molecule has 3 heteroatoms. The predicted molar refractivity (Wildman–Crippen MR) is 64.8 cm³/mol. The van der Waals surface area contributed by atoms with Crippen molar-refractivity contribution in [1.29, 1.82) is 0 Å². The van der Waals surface area contributed by atoms with Crippen molar-refractivity contribution in [2.45, 2.75) is 56.7 Å². The van der Waals surface area contributed by atoms with Crippen molar-refractivity contribution < 1.29 is 14.6 Å². The molecule has 0 radical (unpaired) electrons. The van der Waals surface area contributed by atoms with Gasteiger partial charge in [-0.05, 0) is 56.8 Å². The van der Waals surface area contributed by atoms with Gasteiger partial charge in [0, 0.05) is 19.8 Å². The fraction of sp³-hybridized carbons (Fsp3) is 1.00. The van der Waals surface area contributed by atoms with E-state index in [4.69, 9.17) is 9.47 Å². The van der Waals surface area contributed by atoms with E-state index in [1.807, 2.05) is 0 Å². The first-order valence-corrected chi connectivity index (χ1v) is 7.17. The van der Waals surface area contributed by atoms with Gasteiger partial charge in [-0.25, -0.2) is 0 Å². The average molecular weight is 240 g/mol. The minimum atomic E-state index is -0.136. The van der Waals surface area contributed by atoms with Crippen LogP contribution in [0, 0.1) is 11.8 Å². The molecule has 98 valence electrons. The molecule has 0 aromatic heterocycles. The van der Waals surface area contributed by atoms with E-state index in [-0.39, 0.29) is 11.7 Å². The van der Waals surface area contributed by atoms with Crippen molar-refractivity contribution in [3.05, 3.63) is 0 Å². The summed E-state index contributed by atoms with van der Waals surface area (Å²) in [5.74, 6) is 1.05. The van der Waals surface area contributed by atoms with Gasteiger partial charge >= 0.3 is 0 Å². The summed E-state index contributed by atoms with van der Waals surface area (Å²) in [6.45, 7) is 2.59. The Morgan fingerprint density at radius 3 is 2.76 bits per heavy atom. The third-order valence-electron chi connectivity index (χ3n) is 4.94. The fourth-order valence-electron chi connectivity index (χ4n) is 3.62. The number of rotatable bonds is 3. The van der Waals surface area contributed by atoms with E-state index in [9.17, 15) is 5.11 Å². The molecule has 1 spiro atoms. The van der Waals surface area contributed by atoms with E-state index in [0.717, 1.165) is 45.5 Å². The molecule has 1 aliphatic carbocycles. The predicted octanol–water partition coefficient (Wildman–Crippen LogP) is 2.12. The lowest BCUT2D eigenvalue weighted by Crippen LogP contribution is -2.48. The molecule has 3 unspecified atom stereocenters. The highest BCUT2D eigenvalue weighted by Gasteiger charge is 2.44. The molecule has 3 aliphatic rings. The van der Waals surface area contributed by atoms with Gasteiger partial charge < -0.3 is 14.6 Å². The Morgan fingerprint density at radius 2 is 2.12 bits per heavy atom. The van der Waals surface area contributed by atoms with Gasteiger partial charge in [0.15, 0.2) is 0 Å². The number of ether oxygens (including phenoxy) is 2. The smallest absolute Gasteiger partial charge is 0.0686 e. The quantitative estimate of drug-likeness (QED) is 0.821. The number of aliphatic hydroxyl groups is 1. The van der Waals surface area contributed by atoms with Gasteiger partial charge in [0.1, 0.15) is 0 Å². The molecule has 0 bridgehead atoms. The molecule has 2 heterocycles. The highest BCUT2D eigenvalue weighted by Crippen LogP contribution is 2.45. The molecule has 3 nitrogen and oxygen atoms in total. The normalized spacial score (nSPS) is 37.9. The highest BCUT2D eigenvalue weighted by molar-refractivity contribution is 4.95. The Bertz CT molecular complexity index is 256. The lowest BCUT2D eigenvalue weighted by molar-refractivity contribution is -0.158. The Hall–Kier alpha value is -0.120. The van der Waals surface area contributed by atoms with Crippen LogP contribution in [0.15, 0.2) is 0 Å². The highest BCUT2D eigenvalue weighted by atomic mass is 16.5. The van der Waals surface area contributed by atoms with Crippen LogP contribution in [-0.2, 0) is 9.47 Å². The summed E-state index contributed by atoms with van der Waals surface area (Å²) >= 11 is 0. The molecule has 0 amide bonds. The van der Waals surface area contributed by atoms with Crippen LogP contribution in [0.2, 0.25) is 0 Å².